The maximum absolute atomic E-state index is 12.3. The third kappa shape index (κ3) is 3.78. The Morgan fingerprint density at radius 1 is 0.952 bits per heavy atom. The number of nitrogens with zero attached hydrogens (tertiary/aromatic N) is 4. The van der Waals surface area contributed by atoms with Crippen LogP contribution in [0.4, 0.5) is 0 Å². The molecule has 3 heterocycles. The van der Waals surface area contributed by atoms with Gasteiger partial charge < -0.3 is 9.47 Å². The van der Waals surface area contributed by atoms with E-state index in [1.807, 2.05) is 4.90 Å². The molecular formula is C15H24N4OS. The standard InChI is InChI=1S/C15H24N4OS/c20-14(18-9-5-1-2-6-10-18)12-21-15-17-16-13-8-4-3-7-11-19(13)15/h1-12H2. The molecule has 1 saturated heterocycles. The number of thioether (sulfide) groups is 1. The van der Waals surface area contributed by atoms with Crippen molar-refractivity contribution < 1.29 is 4.79 Å². The molecule has 1 amide bonds. The second kappa shape index (κ2) is 7.29. The summed E-state index contributed by atoms with van der Waals surface area (Å²) in [6.45, 7) is 2.86. The Labute approximate surface area is 130 Å². The molecule has 0 unspecified atom stereocenters. The first-order valence-electron chi connectivity index (χ1n) is 8.17. The van der Waals surface area contributed by atoms with Crippen molar-refractivity contribution in [1.82, 2.24) is 19.7 Å². The first-order chi connectivity index (χ1) is 10.3. The molecule has 0 spiro atoms. The molecule has 1 fully saturated rings. The molecule has 6 heteroatoms. The summed E-state index contributed by atoms with van der Waals surface area (Å²) in [5, 5.41) is 9.50. The van der Waals surface area contributed by atoms with E-state index in [1.165, 1.54) is 32.1 Å². The Balaban J connectivity index is 1.57. The molecule has 2 aliphatic heterocycles. The van der Waals surface area contributed by atoms with E-state index in [1.54, 1.807) is 11.8 Å². The van der Waals surface area contributed by atoms with Crippen molar-refractivity contribution in [3.8, 4) is 0 Å². The molecule has 0 N–H and O–H groups in total. The summed E-state index contributed by atoms with van der Waals surface area (Å²) in [5.41, 5.74) is 0. The normalized spacial score (nSPS) is 19.7. The number of carbonyl (C=O) groups is 1. The average molecular weight is 308 g/mol. The van der Waals surface area contributed by atoms with Gasteiger partial charge in [-0.25, -0.2) is 0 Å². The number of rotatable bonds is 3. The van der Waals surface area contributed by atoms with Crippen molar-refractivity contribution in [3.63, 3.8) is 0 Å². The molecule has 0 aromatic carbocycles. The summed E-state index contributed by atoms with van der Waals surface area (Å²) in [4.78, 5) is 14.4. The number of hydrogen-bond donors (Lipinski definition) is 0. The third-order valence-corrected chi connectivity index (χ3v) is 5.31. The van der Waals surface area contributed by atoms with E-state index < -0.39 is 0 Å². The quantitative estimate of drug-likeness (QED) is 0.805. The molecule has 1 aromatic heterocycles. The molecule has 0 bridgehead atoms. The first kappa shape index (κ1) is 14.9. The SMILES string of the molecule is O=C(CSc1nnc2n1CCCCC2)N1CCCCCC1. The van der Waals surface area contributed by atoms with Gasteiger partial charge in [-0.15, -0.1) is 10.2 Å². The third-order valence-electron chi connectivity index (χ3n) is 4.36. The van der Waals surface area contributed by atoms with E-state index in [4.69, 9.17) is 0 Å². The lowest BCUT2D eigenvalue weighted by atomic mass is 10.2. The summed E-state index contributed by atoms with van der Waals surface area (Å²) in [5.74, 6) is 1.85. The summed E-state index contributed by atoms with van der Waals surface area (Å²) in [6.07, 6.45) is 9.50. The molecule has 21 heavy (non-hydrogen) atoms. The number of likely N-dealkylation sites (tertiary alicyclic amines) is 1. The van der Waals surface area contributed by atoms with Gasteiger partial charge in [-0.1, -0.05) is 31.0 Å². The fourth-order valence-electron chi connectivity index (χ4n) is 3.10. The lowest BCUT2D eigenvalue weighted by Gasteiger charge is -2.19. The monoisotopic (exact) mass is 308 g/mol. The van der Waals surface area contributed by atoms with Gasteiger partial charge in [0, 0.05) is 26.1 Å². The van der Waals surface area contributed by atoms with E-state index in [0.717, 1.165) is 49.9 Å². The Kier molecular flexibility index (Phi) is 5.17. The zero-order valence-electron chi connectivity index (χ0n) is 12.6. The first-order valence-corrected chi connectivity index (χ1v) is 9.16. The predicted molar refractivity (Wildman–Crippen MR) is 83.3 cm³/mol. The van der Waals surface area contributed by atoms with Crippen LogP contribution in [0.3, 0.4) is 0 Å². The smallest absolute Gasteiger partial charge is 0.233 e. The van der Waals surface area contributed by atoms with Crippen LogP contribution in [0.15, 0.2) is 5.16 Å². The molecular weight excluding hydrogens is 284 g/mol. The number of aryl methyl sites for hydroxylation is 1. The van der Waals surface area contributed by atoms with Crippen molar-refractivity contribution in [2.75, 3.05) is 18.8 Å². The molecule has 0 aliphatic carbocycles. The largest absolute Gasteiger partial charge is 0.342 e. The molecule has 2 aliphatic rings. The predicted octanol–water partition coefficient (Wildman–Crippen LogP) is 2.50. The molecule has 3 rings (SSSR count). The number of aromatic nitrogens is 3. The van der Waals surface area contributed by atoms with Crippen molar-refractivity contribution in [1.29, 1.82) is 0 Å². The van der Waals surface area contributed by atoms with E-state index >= 15 is 0 Å². The number of carbonyl (C=O) groups excluding carboxylic acids is 1. The second-order valence-electron chi connectivity index (χ2n) is 5.94. The lowest BCUT2D eigenvalue weighted by molar-refractivity contribution is -0.128. The highest BCUT2D eigenvalue weighted by Crippen LogP contribution is 2.22. The summed E-state index contributed by atoms with van der Waals surface area (Å²) in [6, 6.07) is 0. The van der Waals surface area contributed by atoms with Crippen molar-refractivity contribution in [3.05, 3.63) is 5.82 Å². The summed E-state index contributed by atoms with van der Waals surface area (Å²) < 4.78 is 2.22. The van der Waals surface area contributed by atoms with Crippen LogP contribution in [0.25, 0.3) is 0 Å². The number of amides is 1. The van der Waals surface area contributed by atoms with Crippen molar-refractivity contribution in [2.24, 2.45) is 0 Å². The van der Waals surface area contributed by atoms with Crippen LogP contribution >= 0.6 is 11.8 Å². The Morgan fingerprint density at radius 3 is 2.48 bits per heavy atom. The van der Waals surface area contributed by atoms with Crippen molar-refractivity contribution >= 4 is 17.7 Å². The Bertz CT molecular complexity index is 480. The van der Waals surface area contributed by atoms with Gasteiger partial charge in [0.15, 0.2) is 5.16 Å². The maximum Gasteiger partial charge on any atom is 0.233 e. The average Bonchev–Trinajstić information content (AvgIpc) is 2.72. The van der Waals surface area contributed by atoms with Gasteiger partial charge in [0.05, 0.1) is 5.75 Å². The minimum absolute atomic E-state index is 0.257. The van der Waals surface area contributed by atoms with Gasteiger partial charge in [-0.3, -0.25) is 4.79 Å². The Hall–Kier alpha value is -1.04. The van der Waals surface area contributed by atoms with Gasteiger partial charge in [-0.05, 0) is 25.7 Å². The van der Waals surface area contributed by atoms with E-state index in [0.29, 0.717) is 5.75 Å². The van der Waals surface area contributed by atoms with Crippen LogP contribution in [0.1, 0.15) is 50.8 Å². The van der Waals surface area contributed by atoms with Gasteiger partial charge in [0.1, 0.15) is 5.82 Å². The maximum atomic E-state index is 12.3. The molecule has 1 aromatic rings. The van der Waals surface area contributed by atoms with Crippen LogP contribution in [0.5, 0.6) is 0 Å². The highest BCUT2D eigenvalue weighted by molar-refractivity contribution is 7.99. The van der Waals surface area contributed by atoms with Gasteiger partial charge in [0.2, 0.25) is 5.91 Å². The highest BCUT2D eigenvalue weighted by atomic mass is 32.2. The second-order valence-corrected chi connectivity index (χ2v) is 6.89. The number of fused-ring (bicyclic) bond motifs is 1. The van der Waals surface area contributed by atoms with Crippen LogP contribution in [0.2, 0.25) is 0 Å². The minimum Gasteiger partial charge on any atom is -0.342 e. The van der Waals surface area contributed by atoms with E-state index in [9.17, 15) is 4.79 Å². The molecule has 0 radical (unpaired) electrons. The molecule has 0 atom stereocenters. The summed E-state index contributed by atoms with van der Waals surface area (Å²) in [7, 11) is 0. The van der Waals surface area contributed by atoms with Crippen molar-refractivity contribution in [2.45, 2.75) is 63.1 Å². The van der Waals surface area contributed by atoms with Crippen LogP contribution < -0.4 is 0 Å². The Morgan fingerprint density at radius 2 is 1.67 bits per heavy atom. The number of hydrogen-bond acceptors (Lipinski definition) is 4. The van der Waals surface area contributed by atoms with Gasteiger partial charge >= 0.3 is 0 Å². The fraction of sp³-hybridized carbons (Fsp3) is 0.800. The van der Waals surface area contributed by atoms with Crippen LogP contribution in [-0.2, 0) is 17.8 Å². The topological polar surface area (TPSA) is 51.0 Å². The van der Waals surface area contributed by atoms with Gasteiger partial charge in [-0.2, -0.15) is 0 Å². The summed E-state index contributed by atoms with van der Waals surface area (Å²) >= 11 is 1.56. The van der Waals surface area contributed by atoms with E-state index in [2.05, 4.69) is 14.8 Å². The zero-order valence-corrected chi connectivity index (χ0v) is 13.4. The van der Waals surface area contributed by atoms with E-state index in [-0.39, 0.29) is 5.91 Å². The lowest BCUT2D eigenvalue weighted by Crippen LogP contribution is -2.33. The fourth-order valence-corrected chi connectivity index (χ4v) is 3.99. The minimum atomic E-state index is 0.257. The highest BCUT2D eigenvalue weighted by Gasteiger charge is 2.19. The molecule has 0 saturated carbocycles. The zero-order chi connectivity index (χ0) is 14.5. The van der Waals surface area contributed by atoms with Crippen LogP contribution in [0, 0.1) is 0 Å². The molecule has 116 valence electrons. The van der Waals surface area contributed by atoms with Crippen LogP contribution in [-0.4, -0.2) is 44.4 Å². The molecule has 5 nitrogen and oxygen atoms in total. The van der Waals surface area contributed by atoms with Gasteiger partial charge in [0.25, 0.3) is 0 Å².